The molecule has 0 fully saturated rings. The Morgan fingerprint density at radius 2 is 1.36 bits per heavy atom. The van der Waals surface area contributed by atoms with Crippen LogP contribution in [0.4, 0.5) is 0 Å². The Morgan fingerprint density at radius 1 is 0.840 bits per heavy atom. The van der Waals surface area contributed by atoms with Gasteiger partial charge in [0.15, 0.2) is 0 Å². The SMILES string of the molecule is CCC(C)c1ccc(CC(=O)OC(C)c2ccc(C(C)C)cc2)cc1. The van der Waals surface area contributed by atoms with Crippen molar-refractivity contribution in [1.82, 2.24) is 0 Å². The summed E-state index contributed by atoms with van der Waals surface area (Å²) in [6, 6.07) is 16.6. The van der Waals surface area contributed by atoms with Crippen molar-refractivity contribution in [3.05, 3.63) is 70.8 Å². The van der Waals surface area contributed by atoms with Gasteiger partial charge in [-0.25, -0.2) is 0 Å². The topological polar surface area (TPSA) is 26.3 Å². The average Bonchev–Trinajstić information content (AvgIpc) is 2.61. The van der Waals surface area contributed by atoms with Gasteiger partial charge in [-0.05, 0) is 47.4 Å². The molecule has 0 heterocycles. The molecule has 0 aliphatic heterocycles. The lowest BCUT2D eigenvalue weighted by molar-refractivity contribution is -0.147. The molecule has 0 spiro atoms. The molecule has 2 nitrogen and oxygen atoms in total. The second-order valence-corrected chi connectivity index (χ2v) is 7.18. The molecule has 2 aromatic carbocycles. The van der Waals surface area contributed by atoms with Crippen LogP contribution in [0.2, 0.25) is 0 Å². The quantitative estimate of drug-likeness (QED) is 0.564. The molecule has 0 aliphatic carbocycles. The molecule has 25 heavy (non-hydrogen) atoms. The van der Waals surface area contributed by atoms with Crippen LogP contribution in [-0.2, 0) is 16.0 Å². The maximum atomic E-state index is 12.2. The average molecular weight is 338 g/mol. The molecule has 0 radical (unpaired) electrons. The minimum atomic E-state index is -0.229. The van der Waals surface area contributed by atoms with Crippen LogP contribution >= 0.6 is 0 Å². The van der Waals surface area contributed by atoms with E-state index in [0.29, 0.717) is 18.3 Å². The van der Waals surface area contributed by atoms with Crippen molar-refractivity contribution >= 4 is 5.97 Å². The van der Waals surface area contributed by atoms with Gasteiger partial charge in [-0.2, -0.15) is 0 Å². The molecular weight excluding hydrogens is 308 g/mol. The normalized spacial score (nSPS) is 13.5. The molecule has 2 heteroatoms. The second-order valence-electron chi connectivity index (χ2n) is 7.18. The predicted octanol–water partition coefficient (Wildman–Crippen LogP) is 6.17. The lowest BCUT2D eigenvalue weighted by atomic mass is 9.97. The molecule has 0 aliphatic rings. The molecule has 0 aromatic heterocycles. The van der Waals surface area contributed by atoms with Crippen LogP contribution in [0.15, 0.2) is 48.5 Å². The fourth-order valence-electron chi connectivity index (χ4n) is 2.83. The van der Waals surface area contributed by atoms with Crippen molar-refractivity contribution in [3.63, 3.8) is 0 Å². The summed E-state index contributed by atoms with van der Waals surface area (Å²) in [5.41, 5.74) is 4.64. The van der Waals surface area contributed by atoms with E-state index in [1.54, 1.807) is 0 Å². The van der Waals surface area contributed by atoms with Crippen molar-refractivity contribution in [1.29, 1.82) is 0 Å². The molecule has 2 rings (SSSR count). The molecule has 0 amide bonds. The summed E-state index contributed by atoms with van der Waals surface area (Å²) in [6.45, 7) is 10.7. The smallest absolute Gasteiger partial charge is 0.310 e. The number of esters is 1. The fourth-order valence-corrected chi connectivity index (χ4v) is 2.83. The maximum Gasteiger partial charge on any atom is 0.310 e. The molecule has 2 atom stereocenters. The van der Waals surface area contributed by atoms with E-state index in [1.807, 2.05) is 31.2 Å². The minimum Gasteiger partial charge on any atom is -0.458 e. The van der Waals surface area contributed by atoms with Crippen LogP contribution in [0, 0.1) is 0 Å². The number of carbonyl (C=O) groups excluding carboxylic acids is 1. The summed E-state index contributed by atoms with van der Waals surface area (Å²) in [5.74, 6) is 0.872. The number of hydrogen-bond acceptors (Lipinski definition) is 2. The van der Waals surface area contributed by atoms with E-state index in [2.05, 4.69) is 52.0 Å². The summed E-state index contributed by atoms with van der Waals surface area (Å²) >= 11 is 0. The van der Waals surface area contributed by atoms with E-state index in [0.717, 1.165) is 17.5 Å². The third kappa shape index (κ3) is 5.45. The summed E-state index contributed by atoms with van der Waals surface area (Å²) < 4.78 is 5.60. The molecule has 2 unspecified atom stereocenters. The monoisotopic (exact) mass is 338 g/mol. The highest BCUT2D eigenvalue weighted by Gasteiger charge is 2.13. The van der Waals surface area contributed by atoms with E-state index >= 15 is 0 Å². The van der Waals surface area contributed by atoms with Gasteiger partial charge in [0.25, 0.3) is 0 Å². The van der Waals surface area contributed by atoms with E-state index in [4.69, 9.17) is 4.74 Å². The summed E-state index contributed by atoms with van der Waals surface area (Å²) in [7, 11) is 0. The molecule has 0 saturated carbocycles. The number of benzene rings is 2. The van der Waals surface area contributed by atoms with E-state index in [9.17, 15) is 4.79 Å². The number of hydrogen-bond donors (Lipinski definition) is 0. The van der Waals surface area contributed by atoms with Gasteiger partial charge in [0.1, 0.15) is 6.10 Å². The second kappa shape index (κ2) is 8.84. The van der Waals surface area contributed by atoms with E-state index in [1.165, 1.54) is 11.1 Å². The minimum absolute atomic E-state index is 0.184. The fraction of sp³-hybridized carbons (Fsp3) is 0.435. The zero-order chi connectivity index (χ0) is 18.4. The molecular formula is C23H30O2. The van der Waals surface area contributed by atoms with Gasteiger partial charge in [0, 0.05) is 0 Å². The first kappa shape index (κ1) is 19.2. The Morgan fingerprint density at radius 3 is 1.88 bits per heavy atom. The van der Waals surface area contributed by atoms with Gasteiger partial charge >= 0.3 is 5.97 Å². The third-order valence-electron chi connectivity index (χ3n) is 4.89. The highest BCUT2D eigenvalue weighted by molar-refractivity contribution is 5.72. The van der Waals surface area contributed by atoms with Crippen molar-refractivity contribution in [2.45, 2.75) is 65.4 Å². The van der Waals surface area contributed by atoms with E-state index in [-0.39, 0.29) is 12.1 Å². The predicted molar refractivity (Wildman–Crippen MR) is 104 cm³/mol. The summed E-state index contributed by atoms with van der Waals surface area (Å²) in [6.07, 6.45) is 1.21. The van der Waals surface area contributed by atoms with E-state index < -0.39 is 0 Å². The standard InChI is InChI=1S/C23H30O2/c1-6-17(4)21-9-7-19(8-10-21)15-23(24)25-18(5)22-13-11-20(12-14-22)16(2)3/h7-14,16-18H,6,15H2,1-5H3. The summed E-state index contributed by atoms with van der Waals surface area (Å²) in [5, 5.41) is 0. The zero-order valence-electron chi connectivity index (χ0n) is 16.1. The van der Waals surface area contributed by atoms with Gasteiger partial charge in [-0.1, -0.05) is 76.2 Å². The van der Waals surface area contributed by atoms with Crippen molar-refractivity contribution < 1.29 is 9.53 Å². The molecule has 0 saturated heterocycles. The molecule has 0 N–H and O–H groups in total. The number of carbonyl (C=O) groups is 1. The van der Waals surface area contributed by atoms with Crippen LogP contribution in [0.5, 0.6) is 0 Å². The van der Waals surface area contributed by atoms with Crippen LogP contribution in [-0.4, -0.2) is 5.97 Å². The number of ether oxygens (including phenoxy) is 1. The Bertz CT molecular complexity index is 668. The molecule has 134 valence electrons. The Hall–Kier alpha value is -2.09. The first-order chi connectivity index (χ1) is 11.9. The number of rotatable bonds is 7. The van der Waals surface area contributed by atoms with Crippen LogP contribution in [0.3, 0.4) is 0 Å². The third-order valence-corrected chi connectivity index (χ3v) is 4.89. The lowest BCUT2D eigenvalue weighted by Crippen LogP contribution is -2.11. The van der Waals surface area contributed by atoms with Crippen LogP contribution in [0.1, 0.15) is 81.2 Å². The highest BCUT2D eigenvalue weighted by atomic mass is 16.5. The Balaban J connectivity index is 1.92. The summed E-state index contributed by atoms with van der Waals surface area (Å²) in [4.78, 5) is 12.2. The molecule has 0 bridgehead atoms. The maximum absolute atomic E-state index is 12.2. The highest BCUT2D eigenvalue weighted by Crippen LogP contribution is 2.22. The molecule has 2 aromatic rings. The lowest BCUT2D eigenvalue weighted by Gasteiger charge is -2.15. The van der Waals surface area contributed by atoms with Gasteiger partial charge in [-0.3, -0.25) is 4.79 Å². The van der Waals surface area contributed by atoms with Crippen molar-refractivity contribution in [3.8, 4) is 0 Å². The van der Waals surface area contributed by atoms with Gasteiger partial charge < -0.3 is 4.74 Å². The van der Waals surface area contributed by atoms with Crippen LogP contribution < -0.4 is 0 Å². The van der Waals surface area contributed by atoms with Crippen molar-refractivity contribution in [2.24, 2.45) is 0 Å². The first-order valence-electron chi connectivity index (χ1n) is 9.28. The van der Waals surface area contributed by atoms with Crippen molar-refractivity contribution in [2.75, 3.05) is 0 Å². The van der Waals surface area contributed by atoms with Crippen LogP contribution in [0.25, 0.3) is 0 Å². The zero-order valence-corrected chi connectivity index (χ0v) is 16.1. The van der Waals surface area contributed by atoms with Gasteiger partial charge in [0.2, 0.25) is 0 Å². The Labute approximate surface area is 152 Å². The first-order valence-corrected chi connectivity index (χ1v) is 9.28. The van der Waals surface area contributed by atoms with Gasteiger partial charge in [0.05, 0.1) is 6.42 Å². The van der Waals surface area contributed by atoms with Gasteiger partial charge in [-0.15, -0.1) is 0 Å². The largest absolute Gasteiger partial charge is 0.458 e. The Kier molecular flexibility index (Phi) is 6.81.